The number of benzene rings is 1. The Morgan fingerprint density at radius 3 is 2.65 bits per heavy atom. The predicted octanol–water partition coefficient (Wildman–Crippen LogP) is 1.99. The van der Waals surface area contributed by atoms with Gasteiger partial charge >= 0.3 is 6.09 Å². The number of rotatable bonds is 4. The number of nitrogen functional groups attached to an aromatic ring is 1. The fraction of sp³-hybridized carbons (Fsp3) is 0.588. The highest BCUT2D eigenvalue weighted by molar-refractivity contribution is 5.68. The van der Waals surface area contributed by atoms with E-state index in [2.05, 4.69) is 5.32 Å². The summed E-state index contributed by atoms with van der Waals surface area (Å²) in [6.45, 7) is 7.31. The molecule has 0 saturated carbocycles. The molecular formula is C17H27N3O3. The van der Waals surface area contributed by atoms with Gasteiger partial charge in [0.2, 0.25) is 0 Å². The number of likely N-dealkylation sites (tertiary alicyclic amines) is 1. The summed E-state index contributed by atoms with van der Waals surface area (Å²) in [5.74, 6) is 0. The van der Waals surface area contributed by atoms with E-state index < -0.39 is 5.60 Å². The summed E-state index contributed by atoms with van der Waals surface area (Å²) in [4.78, 5) is 13.9. The van der Waals surface area contributed by atoms with Gasteiger partial charge in [-0.1, -0.05) is 18.2 Å². The number of amides is 1. The lowest BCUT2D eigenvalue weighted by molar-refractivity contribution is 0.0252. The van der Waals surface area contributed by atoms with Crippen LogP contribution in [0.5, 0.6) is 0 Å². The monoisotopic (exact) mass is 321 g/mol. The average molecular weight is 321 g/mol. The molecule has 1 aliphatic heterocycles. The van der Waals surface area contributed by atoms with Gasteiger partial charge in [-0.05, 0) is 32.4 Å². The second-order valence-electron chi connectivity index (χ2n) is 6.85. The van der Waals surface area contributed by atoms with Crippen LogP contribution in [0.4, 0.5) is 10.5 Å². The van der Waals surface area contributed by atoms with Crippen LogP contribution in [-0.4, -0.2) is 48.9 Å². The van der Waals surface area contributed by atoms with Crippen molar-refractivity contribution >= 4 is 11.8 Å². The van der Waals surface area contributed by atoms with Crippen molar-refractivity contribution in [2.75, 3.05) is 25.9 Å². The Balaban J connectivity index is 1.94. The maximum absolute atomic E-state index is 12.2. The molecule has 0 aromatic heterocycles. The van der Waals surface area contributed by atoms with Crippen LogP contribution in [0.15, 0.2) is 24.3 Å². The number of nitrogens with two attached hydrogens (primary N) is 1. The zero-order valence-corrected chi connectivity index (χ0v) is 14.3. The van der Waals surface area contributed by atoms with E-state index in [9.17, 15) is 4.79 Å². The van der Waals surface area contributed by atoms with Crippen LogP contribution in [0, 0.1) is 0 Å². The van der Waals surface area contributed by atoms with Crippen molar-refractivity contribution in [3.05, 3.63) is 29.8 Å². The van der Waals surface area contributed by atoms with Crippen LogP contribution in [0.3, 0.4) is 0 Å². The Morgan fingerprint density at radius 2 is 2.04 bits per heavy atom. The summed E-state index contributed by atoms with van der Waals surface area (Å²) in [7, 11) is 1.66. The summed E-state index contributed by atoms with van der Waals surface area (Å²) in [5, 5.41) is 3.43. The Labute approximate surface area is 137 Å². The van der Waals surface area contributed by atoms with E-state index >= 15 is 0 Å². The Hall–Kier alpha value is -1.79. The van der Waals surface area contributed by atoms with Crippen molar-refractivity contribution in [1.29, 1.82) is 0 Å². The van der Waals surface area contributed by atoms with Gasteiger partial charge in [-0.3, -0.25) is 0 Å². The highest BCUT2D eigenvalue weighted by Gasteiger charge is 2.37. The molecule has 1 heterocycles. The SMILES string of the molecule is CO[C@H]1CN(C(=O)OC(C)(C)C)CC1NCc1ccccc1N. The molecular weight excluding hydrogens is 294 g/mol. The van der Waals surface area contributed by atoms with Crippen molar-refractivity contribution < 1.29 is 14.3 Å². The molecule has 1 saturated heterocycles. The van der Waals surface area contributed by atoms with Crippen LogP contribution >= 0.6 is 0 Å². The van der Waals surface area contributed by atoms with E-state index in [1.807, 2.05) is 45.0 Å². The molecule has 1 fully saturated rings. The van der Waals surface area contributed by atoms with Crippen LogP contribution in [0.1, 0.15) is 26.3 Å². The zero-order chi connectivity index (χ0) is 17.0. The van der Waals surface area contributed by atoms with Gasteiger partial charge in [0, 0.05) is 25.9 Å². The van der Waals surface area contributed by atoms with Crippen molar-refractivity contribution in [3.8, 4) is 0 Å². The molecule has 1 unspecified atom stereocenters. The largest absolute Gasteiger partial charge is 0.444 e. The number of anilines is 1. The second-order valence-corrected chi connectivity index (χ2v) is 6.85. The van der Waals surface area contributed by atoms with Gasteiger partial charge in [-0.2, -0.15) is 0 Å². The average Bonchev–Trinajstić information content (AvgIpc) is 2.88. The molecule has 1 amide bonds. The predicted molar refractivity (Wildman–Crippen MR) is 90.1 cm³/mol. The first-order valence-corrected chi connectivity index (χ1v) is 7.87. The van der Waals surface area contributed by atoms with Gasteiger partial charge in [-0.25, -0.2) is 4.79 Å². The minimum atomic E-state index is -0.496. The lowest BCUT2D eigenvalue weighted by atomic mass is 10.1. The normalized spacial score (nSPS) is 21.5. The molecule has 0 spiro atoms. The number of nitrogens with zero attached hydrogens (tertiary/aromatic N) is 1. The highest BCUT2D eigenvalue weighted by Crippen LogP contribution is 2.18. The number of hydrogen-bond donors (Lipinski definition) is 2. The third-order valence-corrected chi connectivity index (χ3v) is 3.83. The molecule has 6 heteroatoms. The number of ether oxygens (including phenoxy) is 2. The van der Waals surface area contributed by atoms with Crippen molar-refractivity contribution in [2.45, 2.75) is 45.1 Å². The van der Waals surface area contributed by atoms with Crippen molar-refractivity contribution in [2.24, 2.45) is 0 Å². The molecule has 0 aliphatic carbocycles. The number of para-hydroxylation sites is 1. The Bertz CT molecular complexity index is 542. The summed E-state index contributed by atoms with van der Waals surface area (Å²) in [5.41, 5.74) is 7.27. The Kier molecular flexibility index (Phi) is 5.49. The molecule has 1 aliphatic rings. The molecule has 23 heavy (non-hydrogen) atoms. The van der Waals surface area contributed by atoms with Gasteiger partial charge in [0.25, 0.3) is 0 Å². The lowest BCUT2D eigenvalue weighted by Crippen LogP contribution is -2.40. The molecule has 3 N–H and O–H groups in total. The fourth-order valence-corrected chi connectivity index (χ4v) is 2.62. The maximum Gasteiger partial charge on any atom is 0.410 e. The minimum absolute atomic E-state index is 0.0483. The lowest BCUT2D eigenvalue weighted by Gasteiger charge is -2.24. The molecule has 2 atom stereocenters. The van der Waals surface area contributed by atoms with Crippen molar-refractivity contribution in [3.63, 3.8) is 0 Å². The molecule has 0 radical (unpaired) electrons. The van der Waals surface area contributed by atoms with E-state index in [0.717, 1.165) is 11.3 Å². The summed E-state index contributed by atoms with van der Waals surface area (Å²) in [6.07, 6.45) is -0.365. The molecule has 6 nitrogen and oxygen atoms in total. The third-order valence-electron chi connectivity index (χ3n) is 3.83. The van der Waals surface area contributed by atoms with E-state index in [-0.39, 0.29) is 18.2 Å². The topological polar surface area (TPSA) is 76.8 Å². The van der Waals surface area contributed by atoms with Gasteiger partial charge in [0.1, 0.15) is 5.60 Å². The zero-order valence-electron chi connectivity index (χ0n) is 14.3. The number of nitrogens with one attached hydrogen (secondary N) is 1. The number of carbonyl (C=O) groups is 1. The standard InChI is InChI=1S/C17H27N3O3/c1-17(2,3)23-16(21)20-10-14(15(11-20)22-4)19-9-12-7-5-6-8-13(12)18/h5-8,14-15,19H,9-11,18H2,1-4H3/t14?,15-/m0/s1. The Morgan fingerprint density at radius 1 is 1.35 bits per heavy atom. The van der Waals surface area contributed by atoms with E-state index in [1.165, 1.54) is 0 Å². The van der Waals surface area contributed by atoms with E-state index in [1.54, 1.807) is 12.0 Å². The summed E-state index contributed by atoms with van der Waals surface area (Å²) >= 11 is 0. The summed E-state index contributed by atoms with van der Waals surface area (Å²) < 4.78 is 10.9. The molecule has 1 aromatic rings. The van der Waals surface area contributed by atoms with Gasteiger partial charge in [0.15, 0.2) is 0 Å². The first-order valence-electron chi connectivity index (χ1n) is 7.87. The molecule has 1 aromatic carbocycles. The first kappa shape index (κ1) is 17.6. The number of hydrogen-bond acceptors (Lipinski definition) is 5. The van der Waals surface area contributed by atoms with Crippen LogP contribution in [0.25, 0.3) is 0 Å². The smallest absolute Gasteiger partial charge is 0.410 e. The number of carbonyl (C=O) groups excluding carboxylic acids is 1. The van der Waals surface area contributed by atoms with Gasteiger partial charge in [0.05, 0.1) is 18.7 Å². The fourth-order valence-electron chi connectivity index (χ4n) is 2.62. The van der Waals surface area contributed by atoms with Crippen LogP contribution in [-0.2, 0) is 16.0 Å². The van der Waals surface area contributed by atoms with Crippen molar-refractivity contribution in [1.82, 2.24) is 10.2 Å². The molecule has 0 bridgehead atoms. The first-order chi connectivity index (χ1) is 10.8. The number of methoxy groups -OCH3 is 1. The second kappa shape index (κ2) is 7.19. The quantitative estimate of drug-likeness (QED) is 0.830. The van der Waals surface area contributed by atoms with E-state index in [0.29, 0.717) is 19.6 Å². The van der Waals surface area contributed by atoms with Gasteiger partial charge < -0.3 is 25.4 Å². The van der Waals surface area contributed by atoms with Crippen LogP contribution < -0.4 is 11.1 Å². The molecule has 128 valence electrons. The maximum atomic E-state index is 12.2. The third kappa shape index (κ3) is 4.84. The highest BCUT2D eigenvalue weighted by atomic mass is 16.6. The minimum Gasteiger partial charge on any atom is -0.444 e. The van der Waals surface area contributed by atoms with Crippen LogP contribution in [0.2, 0.25) is 0 Å². The van der Waals surface area contributed by atoms with Gasteiger partial charge in [-0.15, -0.1) is 0 Å². The summed E-state index contributed by atoms with van der Waals surface area (Å²) in [6, 6.07) is 7.79. The van der Waals surface area contributed by atoms with E-state index in [4.69, 9.17) is 15.2 Å². The molecule has 2 rings (SSSR count).